The Morgan fingerprint density at radius 1 is 1.42 bits per heavy atom. The summed E-state index contributed by atoms with van der Waals surface area (Å²) >= 11 is 0. The van der Waals surface area contributed by atoms with E-state index < -0.39 is 17.2 Å². The lowest BCUT2D eigenvalue weighted by Crippen LogP contribution is -2.51. The lowest BCUT2D eigenvalue weighted by Gasteiger charge is -2.34. The number of amides is 2. The average Bonchev–Trinajstić information content (AvgIpc) is 3.09. The second-order valence-electron chi connectivity index (χ2n) is 8.34. The molecule has 2 amide bonds. The Morgan fingerprint density at radius 3 is 2.65 bits per heavy atom. The van der Waals surface area contributed by atoms with Crippen LogP contribution < -0.4 is 15.4 Å². The summed E-state index contributed by atoms with van der Waals surface area (Å²) in [5.41, 5.74) is -1.44. The van der Waals surface area contributed by atoms with Gasteiger partial charge >= 0.3 is 0 Å². The number of ether oxygens (including phenoxy) is 1. The Bertz CT molecular complexity index is 816. The minimum atomic E-state index is -1.16. The van der Waals surface area contributed by atoms with Crippen LogP contribution in [-0.2, 0) is 16.0 Å². The number of carbonyl (C=O) groups excluding carboxylic acids is 2. The van der Waals surface area contributed by atoms with Crippen LogP contribution in [0.15, 0.2) is 43.5 Å². The number of aliphatic hydroxyl groups is 1. The number of hydrogen-bond donors (Lipinski definition) is 3. The Balaban J connectivity index is 2.08. The summed E-state index contributed by atoms with van der Waals surface area (Å²) in [5.74, 6) is -0.196. The van der Waals surface area contributed by atoms with Crippen molar-refractivity contribution >= 4 is 11.8 Å². The lowest BCUT2D eigenvalue weighted by atomic mass is 9.84. The van der Waals surface area contributed by atoms with E-state index in [1.807, 2.05) is 0 Å². The third kappa shape index (κ3) is 6.40. The summed E-state index contributed by atoms with van der Waals surface area (Å²) in [4.78, 5) is 24.6. The molecule has 1 aromatic carbocycles. The standard InChI is InChI=1S/C24H33FN2O4/c1-5-11-24(30,12-6-2)17(3)26-21(28)9-13-23(14-10-22(29)27-23)16-18-15-19(31-4)7-8-20(18)25/h5-8,15,17,30H,1-2,9-14,16H2,3-4H3,(H,26,28)(H,27,29)/t17-,23+/m0/s1. The van der Waals surface area contributed by atoms with Crippen molar-refractivity contribution in [2.75, 3.05) is 7.11 Å². The summed E-state index contributed by atoms with van der Waals surface area (Å²) in [6.07, 6.45) is 5.45. The first kappa shape index (κ1) is 24.6. The predicted molar refractivity (Wildman–Crippen MR) is 118 cm³/mol. The maximum absolute atomic E-state index is 14.4. The van der Waals surface area contributed by atoms with Crippen LogP contribution in [0.25, 0.3) is 0 Å². The fourth-order valence-electron chi connectivity index (χ4n) is 4.10. The van der Waals surface area contributed by atoms with Crippen molar-refractivity contribution in [3.63, 3.8) is 0 Å². The Labute approximate surface area is 183 Å². The molecule has 1 aliphatic rings. The topological polar surface area (TPSA) is 87.7 Å². The van der Waals surface area contributed by atoms with Crippen molar-refractivity contribution in [3.05, 3.63) is 54.9 Å². The van der Waals surface area contributed by atoms with Gasteiger partial charge in [-0.2, -0.15) is 0 Å². The normalized spacial score (nSPS) is 19.4. The van der Waals surface area contributed by atoms with E-state index in [0.29, 0.717) is 43.4 Å². The van der Waals surface area contributed by atoms with Gasteiger partial charge in [0, 0.05) is 18.4 Å². The van der Waals surface area contributed by atoms with Crippen LogP contribution in [0.5, 0.6) is 5.75 Å². The molecule has 1 aliphatic heterocycles. The Kier molecular flexibility index (Phi) is 8.39. The van der Waals surface area contributed by atoms with Crippen LogP contribution in [0.1, 0.15) is 51.0 Å². The fraction of sp³-hybridized carbons (Fsp3) is 0.500. The van der Waals surface area contributed by atoms with Gasteiger partial charge in [0.1, 0.15) is 11.6 Å². The zero-order chi connectivity index (χ0) is 23.1. The van der Waals surface area contributed by atoms with Crippen molar-refractivity contribution in [3.8, 4) is 5.75 Å². The van der Waals surface area contributed by atoms with Crippen molar-refractivity contribution in [1.29, 1.82) is 0 Å². The van der Waals surface area contributed by atoms with E-state index in [1.165, 1.54) is 13.2 Å². The second kappa shape index (κ2) is 10.6. The highest BCUT2D eigenvalue weighted by Crippen LogP contribution is 2.32. The van der Waals surface area contributed by atoms with Crippen LogP contribution in [0, 0.1) is 5.82 Å². The molecule has 1 heterocycles. The number of nitrogens with one attached hydrogen (secondary N) is 2. The largest absolute Gasteiger partial charge is 0.497 e. The minimum Gasteiger partial charge on any atom is -0.497 e. The van der Waals surface area contributed by atoms with Crippen molar-refractivity contribution in [2.24, 2.45) is 0 Å². The van der Waals surface area contributed by atoms with Crippen LogP contribution in [0.3, 0.4) is 0 Å². The molecule has 3 N–H and O–H groups in total. The van der Waals surface area contributed by atoms with E-state index >= 15 is 0 Å². The molecule has 0 bridgehead atoms. The molecule has 31 heavy (non-hydrogen) atoms. The SMILES string of the molecule is C=CCC(O)(CC=C)[C@H](C)NC(=O)CC[C@]1(Cc2cc(OC)ccc2F)CCC(=O)N1. The summed E-state index contributed by atoms with van der Waals surface area (Å²) in [7, 11) is 1.51. The molecule has 0 spiro atoms. The molecule has 0 saturated carbocycles. The summed E-state index contributed by atoms with van der Waals surface area (Å²) in [6.45, 7) is 9.07. The number of methoxy groups -OCH3 is 1. The average molecular weight is 433 g/mol. The van der Waals surface area contributed by atoms with Gasteiger partial charge in [-0.15, -0.1) is 13.2 Å². The number of carbonyl (C=O) groups is 2. The molecule has 1 fully saturated rings. The van der Waals surface area contributed by atoms with Gasteiger partial charge in [0.15, 0.2) is 0 Å². The van der Waals surface area contributed by atoms with Gasteiger partial charge in [-0.05, 0) is 62.8 Å². The predicted octanol–water partition coefficient (Wildman–Crippen LogP) is 3.19. The second-order valence-corrected chi connectivity index (χ2v) is 8.34. The van der Waals surface area contributed by atoms with Gasteiger partial charge in [0.2, 0.25) is 11.8 Å². The van der Waals surface area contributed by atoms with Gasteiger partial charge in [0.25, 0.3) is 0 Å². The van der Waals surface area contributed by atoms with E-state index in [4.69, 9.17) is 4.74 Å². The molecule has 0 unspecified atom stereocenters. The number of halogens is 1. The number of rotatable bonds is 12. The third-order valence-corrected chi connectivity index (χ3v) is 6.03. The van der Waals surface area contributed by atoms with Crippen LogP contribution in [-0.4, -0.2) is 41.2 Å². The highest BCUT2D eigenvalue weighted by molar-refractivity contribution is 5.80. The third-order valence-electron chi connectivity index (χ3n) is 6.03. The highest BCUT2D eigenvalue weighted by Gasteiger charge is 2.39. The molecule has 0 aliphatic carbocycles. The van der Waals surface area contributed by atoms with Crippen molar-refractivity contribution in [2.45, 2.75) is 69.1 Å². The molecule has 2 rings (SSSR count). The molecule has 6 nitrogen and oxygen atoms in total. The van der Waals surface area contributed by atoms with E-state index in [9.17, 15) is 19.1 Å². The first-order valence-electron chi connectivity index (χ1n) is 10.5. The van der Waals surface area contributed by atoms with E-state index in [2.05, 4.69) is 23.8 Å². The van der Waals surface area contributed by atoms with Gasteiger partial charge in [0.05, 0.1) is 18.8 Å². The van der Waals surface area contributed by atoms with Crippen LogP contribution in [0.4, 0.5) is 4.39 Å². The Morgan fingerprint density at radius 2 is 2.10 bits per heavy atom. The maximum Gasteiger partial charge on any atom is 0.220 e. The van der Waals surface area contributed by atoms with Gasteiger partial charge < -0.3 is 20.5 Å². The molecule has 0 radical (unpaired) electrons. The first-order chi connectivity index (χ1) is 14.7. The first-order valence-corrected chi connectivity index (χ1v) is 10.5. The molecular weight excluding hydrogens is 399 g/mol. The summed E-state index contributed by atoms with van der Waals surface area (Å²) < 4.78 is 19.6. The van der Waals surface area contributed by atoms with Crippen molar-refractivity contribution in [1.82, 2.24) is 10.6 Å². The smallest absolute Gasteiger partial charge is 0.220 e. The van der Waals surface area contributed by atoms with E-state index in [1.54, 1.807) is 31.2 Å². The van der Waals surface area contributed by atoms with Gasteiger partial charge in [-0.25, -0.2) is 4.39 Å². The van der Waals surface area contributed by atoms with E-state index in [-0.39, 0.29) is 30.5 Å². The number of hydrogen-bond acceptors (Lipinski definition) is 4. The van der Waals surface area contributed by atoms with Crippen LogP contribution >= 0.6 is 0 Å². The van der Waals surface area contributed by atoms with Crippen molar-refractivity contribution < 1.29 is 23.8 Å². The summed E-state index contributed by atoms with van der Waals surface area (Å²) in [5, 5.41) is 16.6. The zero-order valence-electron chi connectivity index (χ0n) is 18.4. The molecule has 1 saturated heterocycles. The van der Waals surface area contributed by atoms with Gasteiger partial charge in [-0.3, -0.25) is 9.59 Å². The van der Waals surface area contributed by atoms with E-state index in [0.717, 1.165) is 0 Å². The lowest BCUT2D eigenvalue weighted by molar-refractivity contribution is -0.125. The fourth-order valence-corrected chi connectivity index (χ4v) is 4.10. The summed E-state index contributed by atoms with van der Waals surface area (Å²) in [6, 6.07) is 3.99. The monoisotopic (exact) mass is 432 g/mol. The molecule has 0 aromatic heterocycles. The Hall–Kier alpha value is -2.67. The zero-order valence-corrected chi connectivity index (χ0v) is 18.4. The minimum absolute atomic E-state index is 0.108. The quantitative estimate of drug-likeness (QED) is 0.443. The highest BCUT2D eigenvalue weighted by atomic mass is 19.1. The molecule has 7 heteroatoms. The maximum atomic E-state index is 14.4. The molecule has 170 valence electrons. The van der Waals surface area contributed by atoms with Crippen LogP contribution in [0.2, 0.25) is 0 Å². The molecule has 2 atom stereocenters. The molecular formula is C24H33FN2O4. The number of benzene rings is 1. The molecule has 1 aromatic rings. The van der Waals surface area contributed by atoms with Gasteiger partial charge in [-0.1, -0.05) is 12.2 Å².